The molecule has 2 aliphatic heterocycles. The average molecular weight is 629 g/mol. The maximum absolute atomic E-state index is 15.3. The maximum Gasteiger partial charge on any atom is 0.386 e. The number of halogens is 1. The van der Waals surface area contributed by atoms with Crippen LogP contribution in [0, 0.1) is 0 Å². The monoisotopic (exact) mass is 628 g/mol. The molecule has 2 unspecified atom stereocenters. The molecule has 42 heavy (non-hydrogen) atoms. The molecule has 18 nitrogen and oxygen atoms in total. The van der Waals surface area contributed by atoms with Gasteiger partial charge in [-0.05, 0) is 0 Å². The number of aliphatic hydroxyl groups is 2. The number of hydrogen-bond donors (Lipinski definition) is 6. The van der Waals surface area contributed by atoms with Gasteiger partial charge < -0.3 is 35.7 Å². The van der Waals surface area contributed by atoms with E-state index in [-0.39, 0.29) is 49.1 Å². The fraction of sp³-hybridized carbons (Fsp3) is 0.524. The Kier molecular flexibility index (Phi) is 7.42. The first-order valence-corrected chi connectivity index (χ1v) is 15.2. The Bertz CT molecular complexity index is 1740. The zero-order valence-corrected chi connectivity index (χ0v) is 23.3. The number of ether oxygens (including phenoxy) is 2. The van der Waals surface area contributed by atoms with E-state index in [2.05, 4.69) is 42.3 Å². The summed E-state index contributed by atoms with van der Waals surface area (Å²) in [5, 5.41) is 24.8. The molecule has 7 N–H and O–H groups in total. The van der Waals surface area contributed by atoms with Gasteiger partial charge in [0.1, 0.15) is 18.5 Å². The van der Waals surface area contributed by atoms with Crippen LogP contribution in [0.4, 0.5) is 16.3 Å². The van der Waals surface area contributed by atoms with Crippen molar-refractivity contribution in [3.8, 4) is 0 Å². The zero-order valence-electron chi connectivity index (χ0n) is 21.6. The molecule has 7 atom stereocenters. The minimum atomic E-state index is -4.27. The number of nitrogens with one attached hydrogen (secondary N) is 1. The number of imidazole rings is 1. The van der Waals surface area contributed by atoms with E-state index in [0.29, 0.717) is 11.2 Å². The summed E-state index contributed by atoms with van der Waals surface area (Å²) in [6.45, 7) is -5.36. The topological polar surface area (TPSA) is 253 Å². The molecule has 0 bridgehead atoms. The van der Waals surface area contributed by atoms with Crippen LogP contribution in [0.5, 0.6) is 0 Å². The number of H-pyrrole nitrogens is 1. The summed E-state index contributed by atoms with van der Waals surface area (Å²) in [5.41, 5.74) is 10.3. The SMILES string of the molecule is Nc1nc2c(ncn2[C@@H]2OC(CO)[C@@H](F)[C@H]2OP(=O)(S)OCC[C@]2(O)CO[C@@H](c3cnn4c(N)ncnc34)C2)c(=O)[nH]1. The van der Waals surface area contributed by atoms with Crippen molar-refractivity contribution < 1.29 is 37.7 Å². The Morgan fingerprint density at radius 3 is 2.90 bits per heavy atom. The molecule has 0 aliphatic carbocycles. The van der Waals surface area contributed by atoms with E-state index < -0.39 is 55.3 Å². The lowest BCUT2D eigenvalue weighted by Gasteiger charge is -2.25. The summed E-state index contributed by atoms with van der Waals surface area (Å²) in [4.78, 5) is 30.5. The number of aromatic amines is 1. The lowest BCUT2D eigenvalue weighted by molar-refractivity contribution is -0.0471. The number of fused-ring (bicyclic) bond motifs is 2. The van der Waals surface area contributed by atoms with Gasteiger partial charge in [-0.15, -0.1) is 0 Å². The van der Waals surface area contributed by atoms with Gasteiger partial charge in [-0.3, -0.25) is 18.9 Å². The number of anilines is 2. The van der Waals surface area contributed by atoms with Crippen LogP contribution in [-0.4, -0.2) is 93.1 Å². The summed E-state index contributed by atoms with van der Waals surface area (Å²) in [6, 6.07) is 0. The molecule has 2 saturated heterocycles. The highest BCUT2D eigenvalue weighted by molar-refractivity contribution is 8.44. The van der Waals surface area contributed by atoms with Gasteiger partial charge in [0.25, 0.3) is 5.56 Å². The van der Waals surface area contributed by atoms with Crippen molar-refractivity contribution in [1.82, 2.24) is 39.1 Å². The van der Waals surface area contributed by atoms with Gasteiger partial charge in [-0.25, -0.2) is 23.9 Å². The molecular weight excluding hydrogens is 602 g/mol. The highest BCUT2D eigenvalue weighted by Crippen LogP contribution is 2.57. The number of nitrogens with zero attached hydrogens (tertiary/aromatic N) is 7. The van der Waals surface area contributed by atoms with Gasteiger partial charge in [0.2, 0.25) is 11.9 Å². The minimum absolute atomic E-state index is 0.0329. The summed E-state index contributed by atoms with van der Waals surface area (Å²) in [5.74, 6) is -0.0816. The van der Waals surface area contributed by atoms with Crippen molar-refractivity contribution in [3.05, 3.63) is 34.8 Å². The molecular formula is C21H26FN10O8PS. The third-order valence-corrected chi connectivity index (χ3v) is 8.72. The van der Waals surface area contributed by atoms with E-state index in [4.69, 9.17) is 30.0 Å². The predicted molar refractivity (Wildman–Crippen MR) is 144 cm³/mol. The molecule has 4 aromatic rings. The van der Waals surface area contributed by atoms with Gasteiger partial charge in [-0.2, -0.15) is 14.6 Å². The molecule has 2 aliphatic rings. The van der Waals surface area contributed by atoms with Crippen molar-refractivity contribution in [2.45, 2.75) is 49.2 Å². The maximum atomic E-state index is 15.3. The Morgan fingerprint density at radius 1 is 1.31 bits per heavy atom. The summed E-state index contributed by atoms with van der Waals surface area (Å²) < 4.78 is 53.2. The first kappa shape index (κ1) is 28.9. The summed E-state index contributed by atoms with van der Waals surface area (Å²) in [7, 11) is 0. The van der Waals surface area contributed by atoms with Gasteiger partial charge in [0.15, 0.2) is 29.2 Å². The van der Waals surface area contributed by atoms with Gasteiger partial charge in [-0.1, -0.05) is 12.2 Å². The van der Waals surface area contributed by atoms with Crippen molar-refractivity contribution in [2.75, 3.05) is 31.3 Å². The van der Waals surface area contributed by atoms with Gasteiger partial charge in [0, 0.05) is 18.4 Å². The van der Waals surface area contributed by atoms with E-state index in [1.165, 1.54) is 21.6 Å². The molecule has 4 aromatic heterocycles. The van der Waals surface area contributed by atoms with E-state index in [1.807, 2.05) is 0 Å². The standard InChI is InChI=1S/C21H26FN10O8PS/c22-12-11(5-33)39-18(31-8-27-13-16(31)29-19(23)30-17(13)34)14(12)40-41(36,42)38-2-1-21(35)3-10(37-6-21)9-4-28-32-15(9)25-7-26-20(32)24/h4,7-8,10-12,14,18,33,35H,1-3,5-6H2,(H,36,42)(H2,24,25,26)(H3,23,29,30,34)/t10-,11?,12-,14-,18-,21-,41?/m1/s1. The van der Waals surface area contributed by atoms with Crippen LogP contribution in [0.2, 0.25) is 0 Å². The number of aromatic nitrogens is 8. The summed E-state index contributed by atoms with van der Waals surface area (Å²) in [6.07, 6.45) is -2.79. The van der Waals surface area contributed by atoms with E-state index in [0.717, 1.165) is 6.33 Å². The van der Waals surface area contributed by atoms with Crippen LogP contribution in [0.25, 0.3) is 16.8 Å². The van der Waals surface area contributed by atoms with Crippen molar-refractivity contribution >= 4 is 47.8 Å². The highest BCUT2D eigenvalue weighted by Gasteiger charge is 2.50. The first-order valence-electron chi connectivity index (χ1n) is 12.5. The molecule has 226 valence electrons. The quantitative estimate of drug-likeness (QED) is 0.103. The summed E-state index contributed by atoms with van der Waals surface area (Å²) >= 11 is 3.99. The second-order valence-electron chi connectivity index (χ2n) is 9.88. The number of nitrogens with two attached hydrogens (primary N) is 2. The second-order valence-corrected chi connectivity index (χ2v) is 12.8. The number of rotatable bonds is 9. The second kappa shape index (κ2) is 10.8. The first-order chi connectivity index (χ1) is 20.0. The fourth-order valence-electron chi connectivity index (χ4n) is 5.01. The Labute approximate surface area is 239 Å². The average Bonchev–Trinajstić information content (AvgIpc) is 3.70. The van der Waals surface area contributed by atoms with Crippen LogP contribution in [-0.2, 0) is 23.1 Å². The molecule has 6 rings (SSSR count). The Morgan fingerprint density at radius 2 is 2.12 bits per heavy atom. The lowest BCUT2D eigenvalue weighted by Crippen LogP contribution is -2.32. The molecule has 0 saturated carbocycles. The van der Waals surface area contributed by atoms with Gasteiger partial charge in [0.05, 0.1) is 44.0 Å². The number of thiol groups is 1. The third-order valence-electron chi connectivity index (χ3n) is 7.07. The van der Waals surface area contributed by atoms with Crippen molar-refractivity contribution in [3.63, 3.8) is 0 Å². The Balaban J connectivity index is 1.12. The van der Waals surface area contributed by atoms with Gasteiger partial charge >= 0.3 is 6.80 Å². The van der Waals surface area contributed by atoms with E-state index in [9.17, 15) is 19.6 Å². The molecule has 0 spiro atoms. The number of nitrogen functional groups attached to an aromatic ring is 2. The smallest absolute Gasteiger partial charge is 0.386 e. The molecule has 2 fully saturated rings. The van der Waals surface area contributed by atoms with Crippen LogP contribution in [0.3, 0.4) is 0 Å². The van der Waals surface area contributed by atoms with Crippen LogP contribution >= 0.6 is 19.0 Å². The molecule has 0 aromatic carbocycles. The molecule has 0 amide bonds. The highest BCUT2D eigenvalue weighted by atomic mass is 32.7. The molecule has 21 heteroatoms. The minimum Gasteiger partial charge on any atom is -0.394 e. The van der Waals surface area contributed by atoms with E-state index in [1.54, 1.807) is 0 Å². The molecule has 6 heterocycles. The van der Waals surface area contributed by atoms with Crippen LogP contribution in [0.15, 0.2) is 23.6 Å². The normalized spacial score (nSPS) is 29.5. The number of hydrogen-bond acceptors (Lipinski definition) is 15. The zero-order chi connectivity index (χ0) is 29.8. The fourth-order valence-corrected chi connectivity index (χ4v) is 6.49. The largest absolute Gasteiger partial charge is 0.394 e. The lowest BCUT2D eigenvalue weighted by atomic mass is 9.95. The molecule has 0 radical (unpaired) electrons. The Hall–Kier alpha value is -3.23. The van der Waals surface area contributed by atoms with Crippen molar-refractivity contribution in [1.29, 1.82) is 0 Å². The van der Waals surface area contributed by atoms with Crippen molar-refractivity contribution in [2.24, 2.45) is 0 Å². The van der Waals surface area contributed by atoms with Crippen LogP contribution in [0.1, 0.15) is 30.7 Å². The van der Waals surface area contributed by atoms with Crippen LogP contribution < -0.4 is 17.0 Å². The van der Waals surface area contributed by atoms with E-state index >= 15 is 4.39 Å². The third kappa shape index (κ3) is 5.24. The number of alkyl halides is 1. The number of aliphatic hydroxyl groups excluding tert-OH is 1. The predicted octanol–water partition coefficient (Wildman–Crippen LogP) is -0.328.